The molecule has 1 aliphatic heterocycles. The third-order valence-corrected chi connectivity index (χ3v) is 3.49. The molecule has 22 heavy (non-hydrogen) atoms. The van der Waals surface area contributed by atoms with Crippen molar-refractivity contribution in [2.24, 2.45) is 0 Å². The van der Waals surface area contributed by atoms with E-state index in [-0.39, 0.29) is 18.7 Å². The summed E-state index contributed by atoms with van der Waals surface area (Å²) in [7, 11) is 0. The Hall–Kier alpha value is -2.74. The molecule has 1 aliphatic rings. The first-order chi connectivity index (χ1) is 10.6. The van der Waals surface area contributed by atoms with Crippen LogP contribution < -0.4 is 5.32 Å². The van der Waals surface area contributed by atoms with Crippen LogP contribution in [0.3, 0.4) is 0 Å². The first-order valence-electron chi connectivity index (χ1n) is 6.71. The number of nitrogens with one attached hydrogen (secondary N) is 1. The molecule has 0 radical (unpaired) electrons. The molecule has 1 saturated heterocycles. The molecule has 0 bridgehead atoms. The highest BCUT2D eigenvalue weighted by atomic mass is 16.5. The summed E-state index contributed by atoms with van der Waals surface area (Å²) in [5, 5.41) is 15.9. The van der Waals surface area contributed by atoms with Crippen LogP contribution in [0.15, 0.2) is 36.7 Å². The van der Waals surface area contributed by atoms with E-state index >= 15 is 0 Å². The zero-order chi connectivity index (χ0) is 15.6. The summed E-state index contributed by atoms with van der Waals surface area (Å²) < 4.78 is 6.63. The molecular weight excluding hydrogens is 288 g/mol. The second kappa shape index (κ2) is 5.57. The van der Waals surface area contributed by atoms with Gasteiger partial charge in [-0.15, -0.1) is 0 Å². The number of nitrogens with zero attached hydrogens (tertiary/aromatic N) is 3. The minimum atomic E-state index is -1.39. The molecule has 114 valence electrons. The second-order valence-corrected chi connectivity index (χ2v) is 4.98. The summed E-state index contributed by atoms with van der Waals surface area (Å²) >= 11 is 0. The minimum absolute atomic E-state index is 0.0487. The van der Waals surface area contributed by atoms with Crippen molar-refractivity contribution in [3.63, 3.8) is 0 Å². The fraction of sp³-hybridized carbons (Fsp3) is 0.286. The Labute approximate surface area is 125 Å². The van der Waals surface area contributed by atoms with Crippen molar-refractivity contribution >= 4 is 11.9 Å². The molecule has 1 amide bonds. The molecule has 1 unspecified atom stereocenters. The first kappa shape index (κ1) is 14.2. The van der Waals surface area contributed by atoms with Gasteiger partial charge >= 0.3 is 5.97 Å². The van der Waals surface area contributed by atoms with E-state index in [0.29, 0.717) is 12.4 Å². The molecule has 0 spiro atoms. The molecule has 8 nitrogen and oxygen atoms in total. The van der Waals surface area contributed by atoms with Gasteiger partial charge in [0.1, 0.15) is 5.69 Å². The van der Waals surface area contributed by atoms with Gasteiger partial charge in [-0.3, -0.25) is 4.79 Å². The van der Waals surface area contributed by atoms with E-state index in [4.69, 9.17) is 4.74 Å². The van der Waals surface area contributed by atoms with Gasteiger partial charge in [0.15, 0.2) is 11.4 Å². The number of ether oxygens (including phenoxy) is 1. The summed E-state index contributed by atoms with van der Waals surface area (Å²) in [5.74, 6) is -1.19. The molecule has 2 aromatic rings. The van der Waals surface area contributed by atoms with Crippen molar-refractivity contribution < 1.29 is 19.4 Å². The SMILES string of the molecule is O=C(NC1(C(=O)O)CCOC1)c1cccc(-n2cccn2)n1. The van der Waals surface area contributed by atoms with Crippen molar-refractivity contribution in [3.8, 4) is 5.82 Å². The largest absolute Gasteiger partial charge is 0.479 e. The van der Waals surface area contributed by atoms with E-state index in [2.05, 4.69) is 15.4 Å². The lowest BCUT2D eigenvalue weighted by molar-refractivity contribution is -0.144. The number of aromatic nitrogens is 3. The normalized spacial score (nSPS) is 20.7. The Bertz CT molecular complexity index is 693. The number of rotatable bonds is 4. The predicted octanol–water partition coefficient (Wildman–Crippen LogP) is 0.241. The third kappa shape index (κ3) is 2.56. The van der Waals surface area contributed by atoms with Gasteiger partial charge < -0.3 is 15.2 Å². The van der Waals surface area contributed by atoms with E-state index in [9.17, 15) is 14.7 Å². The maximum atomic E-state index is 12.3. The molecule has 0 aromatic carbocycles. The summed E-state index contributed by atoms with van der Waals surface area (Å²) in [6, 6.07) is 6.63. The molecule has 1 fully saturated rings. The van der Waals surface area contributed by atoms with E-state index < -0.39 is 17.4 Å². The van der Waals surface area contributed by atoms with Crippen molar-refractivity contribution in [1.82, 2.24) is 20.1 Å². The van der Waals surface area contributed by atoms with E-state index in [1.54, 1.807) is 30.6 Å². The second-order valence-electron chi connectivity index (χ2n) is 4.98. The topological polar surface area (TPSA) is 106 Å². The molecule has 0 saturated carbocycles. The third-order valence-electron chi connectivity index (χ3n) is 3.49. The van der Waals surface area contributed by atoms with Gasteiger partial charge in [0.25, 0.3) is 5.91 Å². The Morgan fingerprint density at radius 3 is 2.86 bits per heavy atom. The van der Waals surface area contributed by atoms with Crippen LogP contribution >= 0.6 is 0 Å². The molecule has 2 N–H and O–H groups in total. The highest BCUT2D eigenvalue weighted by Crippen LogP contribution is 2.19. The van der Waals surface area contributed by atoms with Crippen LogP contribution in [0.5, 0.6) is 0 Å². The summed E-state index contributed by atoms with van der Waals surface area (Å²) in [5.41, 5.74) is -1.26. The number of pyridine rings is 1. The van der Waals surface area contributed by atoms with Crippen molar-refractivity contribution in [2.75, 3.05) is 13.2 Å². The van der Waals surface area contributed by atoms with Gasteiger partial charge in [0, 0.05) is 25.4 Å². The molecule has 3 rings (SSSR count). The molecule has 8 heteroatoms. The van der Waals surface area contributed by atoms with Crippen molar-refractivity contribution in [2.45, 2.75) is 12.0 Å². The summed E-state index contributed by atoms with van der Waals surface area (Å²) in [4.78, 5) is 27.9. The molecule has 3 heterocycles. The average Bonchev–Trinajstić information content (AvgIpc) is 3.19. The number of aliphatic carboxylic acids is 1. The van der Waals surface area contributed by atoms with Crippen LogP contribution in [0.2, 0.25) is 0 Å². The number of hydrogen-bond donors (Lipinski definition) is 2. The van der Waals surface area contributed by atoms with Gasteiger partial charge in [-0.2, -0.15) is 5.10 Å². The maximum absolute atomic E-state index is 12.3. The predicted molar refractivity (Wildman–Crippen MR) is 74.6 cm³/mol. The molecule has 2 aromatic heterocycles. The lowest BCUT2D eigenvalue weighted by Crippen LogP contribution is -2.55. The van der Waals surface area contributed by atoms with Crippen molar-refractivity contribution in [3.05, 3.63) is 42.4 Å². The molecule has 1 atom stereocenters. The Balaban J connectivity index is 1.83. The zero-order valence-electron chi connectivity index (χ0n) is 11.6. The average molecular weight is 302 g/mol. The smallest absolute Gasteiger partial charge is 0.331 e. The quantitative estimate of drug-likeness (QED) is 0.838. The fourth-order valence-corrected chi connectivity index (χ4v) is 2.25. The fourth-order valence-electron chi connectivity index (χ4n) is 2.25. The number of carboxylic acid groups (broad SMARTS) is 1. The van der Waals surface area contributed by atoms with Crippen molar-refractivity contribution in [1.29, 1.82) is 0 Å². The van der Waals surface area contributed by atoms with E-state index in [0.717, 1.165) is 0 Å². The summed E-state index contributed by atoms with van der Waals surface area (Å²) in [6.45, 7) is 0.250. The Kier molecular flexibility index (Phi) is 3.60. The molecular formula is C14H14N4O4. The van der Waals surface area contributed by atoms with Gasteiger partial charge in [0.2, 0.25) is 0 Å². The maximum Gasteiger partial charge on any atom is 0.331 e. The van der Waals surface area contributed by atoms with E-state index in [1.165, 1.54) is 10.7 Å². The number of amides is 1. The number of carbonyl (C=O) groups excluding carboxylic acids is 1. The lowest BCUT2D eigenvalue weighted by atomic mass is 9.99. The minimum Gasteiger partial charge on any atom is -0.479 e. The number of hydrogen-bond acceptors (Lipinski definition) is 5. The van der Waals surface area contributed by atoms with Crippen LogP contribution in [0.1, 0.15) is 16.9 Å². The highest BCUT2D eigenvalue weighted by molar-refractivity contribution is 5.96. The van der Waals surface area contributed by atoms with Crippen LogP contribution in [0.4, 0.5) is 0 Å². The van der Waals surface area contributed by atoms with Crippen LogP contribution in [-0.4, -0.2) is 50.5 Å². The lowest BCUT2D eigenvalue weighted by Gasteiger charge is -2.23. The van der Waals surface area contributed by atoms with Crippen LogP contribution in [0, 0.1) is 0 Å². The number of carbonyl (C=O) groups is 2. The Morgan fingerprint density at radius 2 is 2.23 bits per heavy atom. The monoisotopic (exact) mass is 302 g/mol. The summed E-state index contributed by atoms with van der Waals surface area (Å²) in [6.07, 6.45) is 3.53. The zero-order valence-corrected chi connectivity index (χ0v) is 11.6. The first-order valence-corrected chi connectivity index (χ1v) is 6.71. The van der Waals surface area contributed by atoms with Gasteiger partial charge in [-0.05, 0) is 18.2 Å². The van der Waals surface area contributed by atoms with Crippen LogP contribution in [-0.2, 0) is 9.53 Å². The van der Waals surface area contributed by atoms with Gasteiger partial charge in [0.05, 0.1) is 6.61 Å². The highest BCUT2D eigenvalue weighted by Gasteiger charge is 2.44. The number of carboxylic acids is 1. The van der Waals surface area contributed by atoms with Gasteiger partial charge in [-0.1, -0.05) is 6.07 Å². The Morgan fingerprint density at radius 1 is 1.36 bits per heavy atom. The standard InChI is InChI=1S/C14H14N4O4/c19-12(17-14(13(20)21)5-8-22-9-14)10-3-1-4-11(16-10)18-7-2-6-15-18/h1-4,6-7H,5,8-9H2,(H,17,19)(H,20,21). The molecule has 0 aliphatic carbocycles. The van der Waals surface area contributed by atoms with Gasteiger partial charge in [-0.25, -0.2) is 14.5 Å². The van der Waals surface area contributed by atoms with Crippen LogP contribution in [0.25, 0.3) is 5.82 Å². The van der Waals surface area contributed by atoms with E-state index in [1.807, 2.05) is 0 Å².